The Hall–Kier alpha value is -1.83. The van der Waals surface area contributed by atoms with Gasteiger partial charge in [-0.25, -0.2) is 9.37 Å². The molecule has 2 aromatic rings. The van der Waals surface area contributed by atoms with Gasteiger partial charge < -0.3 is 5.32 Å². The third-order valence-electron chi connectivity index (χ3n) is 2.82. The summed E-state index contributed by atoms with van der Waals surface area (Å²) >= 11 is 11.9. The molecule has 0 unspecified atom stereocenters. The topological polar surface area (TPSA) is 48.7 Å². The fourth-order valence-corrected chi connectivity index (χ4v) is 2.15. The van der Waals surface area contributed by atoms with Crippen LogP contribution in [0.3, 0.4) is 0 Å². The van der Waals surface area contributed by atoms with E-state index in [4.69, 9.17) is 28.5 Å². The number of halogens is 3. The maximum Gasteiger partial charge on any atom is 0.170 e. The molecular formula is C14H10Cl2FN3. The first kappa shape index (κ1) is 14.6. The highest BCUT2D eigenvalue weighted by Crippen LogP contribution is 2.30. The van der Waals surface area contributed by atoms with Crippen LogP contribution in [0, 0.1) is 31.0 Å². The summed E-state index contributed by atoms with van der Waals surface area (Å²) in [5.41, 5.74) is 1.68. The van der Waals surface area contributed by atoms with E-state index in [0.717, 1.165) is 5.56 Å². The highest BCUT2D eigenvalue weighted by Gasteiger charge is 2.16. The lowest BCUT2D eigenvalue weighted by Gasteiger charge is -2.12. The molecule has 1 heterocycles. The first-order valence-corrected chi connectivity index (χ1v) is 6.48. The third kappa shape index (κ3) is 2.69. The molecule has 0 bridgehead atoms. The molecule has 3 nitrogen and oxygen atoms in total. The minimum Gasteiger partial charge on any atom is -0.336 e. The van der Waals surface area contributed by atoms with E-state index in [-0.39, 0.29) is 22.1 Å². The molecule has 2 rings (SSSR count). The monoisotopic (exact) mass is 309 g/mol. The standard InChI is InChI=1S/C14H10Cl2FN3/c1-7-3-4-10(15)11(5-7)19-14-12(17)8(2)9(6-18)13(16)20-14/h3-5H,1-2H3,(H,19,20). The average Bonchev–Trinajstić information content (AvgIpc) is 2.40. The van der Waals surface area contributed by atoms with Crippen molar-refractivity contribution in [1.82, 2.24) is 4.98 Å². The molecule has 0 amide bonds. The van der Waals surface area contributed by atoms with Crippen molar-refractivity contribution in [1.29, 1.82) is 5.26 Å². The molecule has 102 valence electrons. The number of benzene rings is 1. The van der Waals surface area contributed by atoms with Gasteiger partial charge in [-0.05, 0) is 31.5 Å². The van der Waals surface area contributed by atoms with Crippen LogP contribution in [0.1, 0.15) is 16.7 Å². The van der Waals surface area contributed by atoms with E-state index in [1.54, 1.807) is 12.1 Å². The van der Waals surface area contributed by atoms with E-state index >= 15 is 0 Å². The number of nitriles is 1. The SMILES string of the molecule is Cc1ccc(Cl)c(Nc2nc(Cl)c(C#N)c(C)c2F)c1. The molecule has 0 fully saturated rings. The second kappa shape index (κ2) is 5.66. The van der Waals surface area contributed by atoms with Gasteiger partial charge in [-0.2, -0.15) is 5.26 Å². The Balaban J connectivity index is 2.50. The Morgan fingerprint density at radius 2 is 2.00 bits per heavy atom. The summed E-state index contributed by atoms with van der Waals surface area (Å²) in [4.78, 5) is 3.87. The lowest BCUT2D eigenvalue weighted by atomic mass is 10.1. The molecule has 0 aliphatic rings. The van der Waals surface area contributed by atoms with E-state index < -0.39 is 5.82 Å². The van der Waals surface area contributed by atoms with Crippen LogP contribution in [-0.2, 0) is 0 Å². The van der Waals surface area contributed by atoms with Crippen LogP contribution in [0.2, 0.25) is 10.2 Å². The molecule has 0 spiro atoms. The molecule has 0 atom stereocenters. The molecular weight excluding hydrogens is 300 g/mol. The molecule has 0 saturated carbocycles. The molecule has 0 radical (unpaired) electrons. The summed E-state index contributed by atoms with van der Waals surface area (Å²) in [6.45, 7) is 3.37. The van der Waals surface area contributed by atoms with E-state index in [1.165, 1.54) is 6.92 Å². The van der Waals surface area contributed by atoms with E-state index in [2.05, 4.69) is 10.3 Å². The minimum absolute atomic E-state index is 0.0325. The van der Waals surface area contributed by atoms with E-state index in [0.29, 0.717) is 10.7 Å². The van der Waals surface area contributed by atoms with Crippen LogP contribution < -0.4 is 5.32 Å². The van der Waals surface area contributed by atoms with Crippen LogP contribution in [0.15, 0.2) is 18.2 Å². The lowest BCUT2D eigenvalue weighted by Crippen LogP contribution is -2.03. The van der Waals surface area contributed by atoms with Gasteiger partial charge in [0.15, 0.2) is 11.6 Å². The molecule has 1 N–H and O–H groups in total. The summed E-state index contributed by atoms with van der Waals surface area (Å²) in [6.07, 6.45) is 0. The number of nitrogens with zero attached hydrogens (tertiary/aromatic N) is 2. The number of rotatable bonds is 2. The second-order valence-corrected chi connectivity index (χ2v) is 5.05. The fourth-order valence-electron chi connectivity index (χ4n) is 1.72. The van der Waals surface area contributed by atoms with Gasteiger partial charge in [0.2, 0.25) is 0 Å². The fraction of sp³-hybridized carbons (Fsp3) is 0.143. The first-order chi connectivity index (χ1) is 9.43. The summed E-state index contributed by atoms with van der Waals surface area (Å²) in [6, 6.07) is 7.14. The second-order valence-electron chi connectivity index (χ2n) is 4.29. The third-order valence-corrected chi connectivity index (χ3v) is 3.42. The highest BCUT2D eigenvalue weighted by atomic mass is 35.5. The number of aromatic nitrogens is 1. The molecule has 1 aromatic carbocycles. The van der Waals surface area contributed by atoms with Gasteiger partial charge in [0.1, 0.15) is 11.2 Å². The minimum atomic E-state index is -0.622. The normalized spacial score (nSPS) is 10.2. The van der Waals surface area contributed by atoms with Crippen molar-refractivity contribution in [3.05, 3.63) is 50.9 Å². The number of nitrogens with one attached hydrogen (secondary N) is 1. The Labute approximate surface area is 126 Å². The average molecular weight is 310 g/mol. The zero-order valence-corrected chi connectivity index (χ0v) is 12.3. The number of pyridine rings is 1. The van der Waals surface area contributed by atoms with Crippen molar-refractivity contribution < 1.29 is 4.39 Å². The quantitative estimate of drug-likeness (QED) is 0.814. The molecule has 0 saturated heterocycles. The van der Waals surface area contributed by atoms with Crippen LogP contribution in [0.4, 0.5) is 15.9 Å². The van der Waals surface area contributed by atoms with Gasteiger partial charge in [0.05, 0.1) is 16.3 Å². The predicted molar refractivity (Wildman–Crippen MR) is 78.1 cm³/mol. The Morgan fingerprint density at radius 3 is 2.65 bits per heavy atom. The maximum absolute atomic E-state index is 14.2. The number of hydrogen-bond donors (Lipinski definition) is 1. The lowest BCUT2D eigenvalue weighted by molar-refractivity contribution is 0.616. The largest absolute Gasteiger partial charge is 0.336 e. The molecule has 0 aliphatic carbocycles. The molecule has 6 heteroatoms. The summed E-state index contributed by atoms with van der Waals surface area (Å²) < 4.78 is 14.2. The van der Waals surface area contributed by atoms with Crippen molar-refractivity contribution in [2.45, 2.75) is 13.8 Å². The number of anilines is 2. The molecule has 1 aromatic heterocycles. The summed E-state index contributed by atoms with van der Waals surface area (Å²) in [5, 5.41) is 12.1. The van der Waals surface area contributed by atoms with Crippen molar-refractivity contribution in [3.8, 4) is 6.07 Å². The van der Waals surface area contributed by atoms with Gasteiger partial charge >= 0.3 is 0 Å². The van der Waals surface area contributed by atoms with Crippen LogP contribution in [0.5, 0.6) is 0 Å². The summed E-state index contributed by atoms with van der Waals surface area (Å²) in [5.74, 6) is -0.678. The Kier molecular flexibility index (Phi) is 4.12. The van der Waals surface area contributed by atoms with Crippen LogP contribution in [-0.4, -0.2) is 4.98 Å². The van der Waals surface area contributed by atoms with Gasteiger partial charge in [-0.3, -0.25) is 0 Å². The molecule has 0 aliphatic heterocycles. The molecule has 20 heavy (non-hydrogen) atoms. The van der Waals surface area contributed by atoms with Gasteiger partial charge in [-0.1, -0.05) is 29.3 Å². The van der Waals surface area contributed by atoms with Crippen LogP contribution in [0.25, 0.3) is 0 Å². The zero-order valence-electron chi connectivity index (χ0n) is 10.8. The zero-order chi connectivity index (χ0) is 14.9. The predicted octanol–water partition coefficient (Wildman–Crippen LogP) is 4.76. The van der Waals surface area contributed by atoms with Crippen LogP contribution >= 0.6 is 23.2 Å². The highest BCUT2D eigenvalue weighted by molar-refractivity contribution is 6.33. The van der Waals surface area contributed by atoms with E-state index in [9.17, 15) is 4.39 Å². The van der Waals surface area contributed by atoms with Crippen molar-refractivity contribution >= 4 is 34.7 Å². The van der Waals surface area contributed by atoms with Gasteiger partial charge in [-0.15, -0.1) is 0 Å². The Morgan fingerprint density at radius 1 is 1.30 bits per heavy atom. The van der Waals surface area contributed by atoms with Crippen molar-refractivity contribution in [3.63, 3.8) is 0 Å². The van der Waals surface area contributed by atoms with E-state index in [1.807, 2.05) is 19.1 Å². The van der Waals surface area contributed by atoms with Crippen molar-refractivity contribution in [2.24, 2.45) is 0 Å². The van der Waals surface area contributed by atoms with Gasteiger partial charge in [0, 0.05) is 5.56 Å². The smallest absolute Gasteiger partial charge is 0.170 e. The maximum atomic E-state index is 14.2. The van der Waals surface area contributed by atoms with Crippen molar-refractivity contribution in [2.75, 3.05) is 5.32 Å². The number of hydrogen-bond acceptors (Lipinski definition) is 3. The van der Waals surface area contributed by atoms with Gasteiger partial charge in [0.25, 0.3) is 0 Å². The summed E-state index contributed by atoms with van der Waals surface area (Å²) in [7, 11) is 0. The Bertz CT molecular complexity index is 723. The first-order valence-electron chi connectivity index (χ1n) is 5.73. The number of aryl methyl sites for hydroxylation is 1.